The van der Waals surface area contributed by atoms with Gasteiger partial charge in [-0.2, -0.15) is 0 Å². The van der Waals surface area contributed by atoms with Gasteiger partial charge in [0.1, 0.15) is 0 Å². The number of H-pyrrole nitrogens is 1. The number of benzene rings is 1. The molecule has 1 saturated heterocycles. The molecule has 2 aromatic rings. The van der Waals surface area contributed by atoms with E-state index in [4.69, 9.17) is 4.74 Å². The summed E-state index contributed by atoms with van der Waals surface area (Å²) in [7, 11) is 0. The molecule has 2 heterocycles. The van der Waals surface area contributed by atoms with Crippen molar-refractivity contribution in [2.45, 2.75) is 19.3 Å². The van der Waals surface area contributed by atoms with Crippen LogP contribution in [0.25, 0.3) is 10.8 Å². The number of carbonyl (C=O) groups excluding carboxylic acids is 1. The molecule has 1 aromatic carbocycles. The number of carbonyl (C=O) groups is 1. The summed E-state index contributed by atoms with van der Waals surface area (Å²) < 4.78 is 5.31. The van der Waals surface area contributed by atoms with Gasteiger partial charge in [0.05, 0.1) is 0 Å². The number of anilines is 1. The van der Waals surface area contributed by atoms with Crippen molar-refractivity contribution in [3.05, 3.63) is 40.8 Å². The molecule has 0 unspecified atom stereocenters. The Morgan fingerprint density at radius 3 is 3.05 bits per heavy atom. The summed E-state index contributed by atoms with van der Waals surface area (Å²) >= 11 is 0. The molecule has 0 spiro atoms. The van der Waals surface area contributed by atoms with Crippen LogP contribution < -0.4 is 10.9 Å². The van der Waals surface area contributed by atoms with Gasteiger partial charge in [-0.1, -0.05) is 6.07 Å². The number of aromatic amines is 1. The lowest BCUT2D eigenvalue weighted by atomic mass is 10.0. The number of nitrogens with one attached hydrogen (secondary N) is 2. The summed E-state index contributed by atoms with van der Waals surface area (Å²) in [5.41, 5.74) is 0.540. The van der Waals surface area contributed by atoms with Crippen LogP contribution in [0.3, 0.4) is 0 Å². The Balaban J connectivity index is 1.71. The molecule has 1 aliphatic rings. The van der Waals surface area contributed by atoms with E-state index < -0.39 is 0 Å². The molecule has 1 amide bonds. The van der Waals surface area contributed by atoms with Crippen molar-refractivity contribution in [3.8, 4) is 0 Å². The SMILES string of the molecule is O=C(CC[C@H]1CCOC1)Nc1cccc2c(=O)[nH]ccc12. The van der Waals surface area contributed by atoms with Gasteiger partial charge in [-0.25, -0.2) is 0 Å². The highest BCUT2D eigenvalue weighted by Gasteiger charge is 2.17. The van der Waals surface area contributed by atoms with Crippen LogP contribution in [0.1, 0.15) is 19.3 Å². The van der Waals surface area contributed by atoms with Crippen molar-refractivity contribution < 1.29 is 9.53 Å². The van der Waals surface area contributed by atoms with Gasteiger partial charge < -0.3 is 15.0 Å². The molecule has 0 bridgehead atoms. The maximum atomic E-state index is 12.1. The zero-order chi connectivity index (χ0) is 14.7. The number of rotatable bonds is 4. The highest BCUT2D eigenvalue weighted by Crippen LogP contribution is 2.22. The van der Waals surface area contributed by atoms with E-state index in [0.29, 0.717) is 23.4 Å². The first-order valence-electron chi connectivity index (χ1n) is 7.22. The van der Waals surface area contributed by atoms with Crippen LogP contribution in [0, 0.1) is 5.92 Å². The van der Waals surface area contributed by atoms with Crippen LogP contribution in [-0.4, -0.2) is 24.1 Å². The molecule has 1 fully saturated rings. The van der Waals surface area contributed by atoms with Gasteiger partial charge in [-0.05, 0) is 37.0 Å². The highest BCUT2D eigenvalue weighted by atomic mass is 16.5. The summed E-state index contributed by atoms with van der Waals surface area (Å²) in [5.74, 6) is 0.473. The van der Waals surface area contributed by atoms with E-state index in [9.17, 15) is 9.59 Å². The van der Waals surface area contributed by atoms with Crippen molar-refractivity contribution in [3.63, 3.8) is 0 Å². The second-order valence-corrected chi connectivity index (χ2v) is 5.39. The summed E-state index contributed by atoms with van der Waals surface area (Å²) in [6.45, 7) is 1.56. The Kier molecular flexibility index (Phi) is 4.01. The smallest absolute Gasteiger partial charge is 0.255 e. The Morgan fingerprint density at radius 2 is 2.24 bits per heavy atom. The van der Waals surface area contributed by atoms with Gasteiger partial charge in [0.2, 0.25) is 5.91 Å². The van der Waals surface area contributed by atoms with Crippen LogP contribution in [-0.2, 0) is 9.53 Å². The lowest BCUT2D eigenvalue weighted by molar-refractivity contribution is -0.116. The largest absolute Gasteiger partial charge is 0.381 e. The van der Waals surface area contributed by atoms with Crippen LogP contribution in [0.2, 0.25) is 0 Å². The van der Waals surface area contributed by atoms with E-state index in [0.717, 1.165) is 31.4 Å². The quantitative estimate of drug-likeness (QED) is 0.905. The molecular weight excluding hydrogens is 268 g/mol. The van der Waals surface area contributed by atoms with E-state index in [1.807, 2.05) is 6.07 Å². The zero-order valence-electron chi connectivity index (χ0n) is 11.7. The minimum Gasteiger partial charge on any atom is -0.381 e. The second-order valence-electron chi connectivity index (χ2n) is 5.39. The number of ether oxygens (including phenoxy) is 1. The first-order chi connectivity index (χ1) is 10.2. The van der Waals surface area contributed by atoms with E-state index >= 15 is 0 Å². The zero-order valence-corrected chi connectivity index (χ0v) is 11.7. The molecule has 5 nitrogen and oxygen atoms in total. The molecule has 21 heavy (non-hydrogen) atoms. The number of hydrogen-bond donors (Lipinski definition) is 2. The van der Waals surface area contributed by atoms with Crippen LogP contribution in [0.4, 0.5) is 5.69 Å². The summed E-state index contributed by atoms with van der Waals surface area (Å²) in [6.07, 6.45) is 3.96. The number of fused-ring (bicyclic) bond motifs is 1. The third kappa shape index (κ3) is 3.13. The number of amides is 1. The number of aromatic nitrogens is 1. The van der Waals surface area contributed by atoms with Gasteiger partial charge >= 0.3 is 0 Å². The van der Waals surface area contributed by atoms with E-state index in [1.54, 1.807) is 24.4 Å². The molecule has 0 saturated carbocycles. The maximum absolute atomic E-state index is 12.1. The van der Waals surface area contributed by atoms with Crippen molar-refractivity contribution in [2.75, 3.05) is 18.5 Å². The number of hydrogen-bond acceptors (Lipinski definition) is 3. The fourth-order valence-corrected chi connectivity index (χ4v) is 2.69. The second kappa shape index (κ2) is 6.10. The number of pyridine rings is 1. The Morgan fingerprint density at radius 1 is 1.33 bits per heavy atom. The standard InChI is InChI=1S/C16H18N2O3/c19-15(5-4-11-7-9-21-10-11)18-14-3-1-2-13-12(14)6-8-17-16(13)20/h1-3,6,8,11H,4-5,7,9-10H2,(H,17,20)(H,18,19)/t11-/m0/s1. The van der Waals surface area contributed by atoms with Gasteiger partial charge in [-0.15, -0.1) is 0 Å². The van der Waals surface area contributed by atoms with E-state index in [-0.39, 0.29) is 11.5 Å². The predicted molar refractivity (Wildman–Crippen MR) is 81.4 cm³/mol. The van der Waals surface area contributed by atoms with Gasteiger partial charge in [0, 0.05) is 42.3 Å². The monoisotopic (exact) mass is 286 g/mol. The van der Waals surface area contributed by atoms with Gasteiger partial charge in [-0.3, -0.25) is 9.59 Å². The van der Waals surface area contributed by atoms with Crippen LogP contribution in [0.15, 0.2) is 35.3 Å². The lowest BCUT2D eigenvalue weighted by Gasteiger charge is -2.10. The third-order valence-electron chi connectivity index (χ3n) is 3.89. The summed E-state index contributed by atoms with van der Waals surface area (Å²) in [5, 5.41) is 4.25. The average molecular weight is 286 g/mol. The van der Waals surface area contributed by atoms with E-state index in [2.05, 4.69) is 10.3 Å². The Bertz CT molecular complexity index is 702. The Hall–Kier alpha value is -2.14. The molecule has 0 aliphatic carbocycles. The Labute approximate surface area is 122 Å². The predicted octanol–water partition coefficient (Wildman–Crippen LogP) is 2.28. The fourth-order valence-electron chi connectivity index (χ4n) is 2.69. The maximum Gasteiger partial charge on any atom is 0.255 e. The molecule has 110 valence electrons. The van der Waals surface area contributed by atoms with Gasteiger partial charge in [0.15, 0.2) is 0 Å². The van der Waals surface area contributed by atoms with Gasteiger partial charge in [0.25, 0.3) is 5.56 Å². The molecule has 1 aromatic heterocycles. The molecule has 1 aliphatic heterocycles. The minimum absolute atomic E-state index is 0.0188. The molecule has 3 rings (SSSR count). The lowest BCUT2D eigenvalue weighted by Crippen LogP contribution is -2.14. The molecular formula is C16H18N2O3. The van der Waals surface area contributed by atoms with Crippen molar-refractivity contribution in [1.82, 2.24) is 4.98 Å². The third-order valence-corrected chi connectivity index (χ3v) is 3.89. The summed E-state index contributed by atoms with van der Waals surface area (Å²) in [4.78, 5) is 26.4. The van der Waals surface area contributed by atoms with Crippen LogP contribution in [0.5, 0.6) is 0 Å². The van der Waals surface area contributed by atoms with Crippen molar-refractivity contribution >= 4 is 22.4 Å². The topological polar surface area (TPSA) is 71.2 Å². The fraction of sp³-hybridized carbons (Fsp3) is 0.375. The van der Waals surface area contributed by atoms with Crippen molar-refractivity contribution in [1.29, 1.82) is 0 Å². The first-order valence-corrected chi connectivity index (χ1v) is 7.22. The normalized spacial score (nSPS) is 18.0. The first kappa shape index (κ1) is 13.8. The average Bonchev–Trinajstić information content (AvgIpc) is 3.00. The summed E-state index contributed by atoms with van der Waals surface area (Å²) in [6, 6.07) is 7.15. The minimum atomic E-state index is -0.147. The van der Waals surface area contributed by atoms with Crippen molar-refractivity contribution in [2.24, 2.45) is 5.92 Å². The highest BCUT2D eigenvalue weighted by molar-refractivity contribution is 6.01. The molecule has 1 atom stereocenters. The van der Waals surface area contributed by atoms with Crippen LogP contribution >= 0.6 is 0 Å². The van der Waals surface area contributed by atoms with E-state index in [1.165, 1.54) is 0 Å². The molecule has 5 heteroatoms. The molecule has 2 N–H and O–H groups in total. The molecule has 0 radical (unpaired) electrons.